The van der Waals surface area contributed by atoms with Crippen molar-refractivity contribution in [2.75, 3.05) is 12.3 Å². The predicted octanol–water partition coefficient (Wildman–Crippen LogP) is 1.24. The van der Waals surface area contributed by atoms with Gasteiger partial charge in [-0.05, 0) is 18.6 Å². The summed E-state index contributed by atoms with van der Waals surface area (Å²) in [6.45, 7) is 1.68. The molecule has 0 aliphatic heterocycles. The van der Waals surface area contributed by atoms with Gasteiger partial charge in [0, 0.05) is 6.54 Å². The maximum atomic E-state index is 12.6. The molecule has 0 aliphatic carbocycles. The standard InChI is InChI=1S/C10H13F2N3O2/c1-2-17-10(16)6-3-5(4-13)7(14)8(15-6)9(11)12/h3,9H,2,4,13-14H2,1H3. The summed E-state index contributed by atoms with van der Waals surface area (Å²) in [5.74, 6) is -0.774. The number of pyridine rings is 1. The van der Waals surface area contributed by atoms with Crippen LogP contribution in [-0.2, 0) is 11.3 Å². The number of carbonyl (C=O) groups excluding carboxylic acids is 1. The van der Waals surface area contributed by atoms with E-state index in [1.807, 2.05) is 0 Å². The van der Waals surface area contributed by atoms with Crippen LogP contribution in [-0.4, -0.2) is 17.6 Å². The van der Waals surface area contributed by atoms with Gasteiger partial charge in [0.1, 0.15) is 11.4 Å². The van der Waals surface area contributed by atoms with Gasteiger partial charge in [0.05, 0.1) is 12.3 Å². The van der Waals surface area contributed by atoms with Crippen molar-refractivity contribution in [3.05, 3.63) is 23.0 Å². The third-order valence-corrected chi connectivity index (χ3v) is 2.08. The fourth-order valence-corrected chi connectivity index (χ4v) is 1.27. The maximum Gasteiger partial charge on any atom is 0.356 e. The van der Waals surface area contributed by atoms with Crippen molar-refractivity contribution < 1.29 is 18.3 Å². The van der Waals surface area contributed by atoms with Crippen LogP contribution >= 0.6 is 0 Å². The van der Waals surface area contributed by atoms with Gasteiger partial charge in [-0.1, -0.05) is 0 Å². The fourth-order valence-electron chi connectivity index (χ4n) is 1.27. The molecule has 4 N–H and O–H groups in total. The Morgan fingerprint density at radius 2 is 2.24 bits per heavy atom. The molecule has 0 bridgehead atoms. The normalized spacial score (nSPS) is 10.6. The van der Waals surface area contributed by atoms with Crippen LogP contribution in [0.25, 0.3) is 0 Å². The first kappa shape index (κ1) is 13.3. The zero-order chi connectivity index (χ0) is 13.0. The number of hydrogen-bond acceptors (Lipinski definition) is 5. The van der Waals surface area contributed by atoms with E-state index in [1.165, 1.54) is 6.07 Å². The van der Waals surface area contributed by atoms with E-state index >= 15 is 0 Å². The van der Waals surface area contributed by atoms with E-state index in [9.17, 15) is 13.6 Å². The molecule has 1 rings (SSSR count). The molecule has 0 saturated carbocycles. The summed E-state index contributed by atoms with van der Waals surface area (Å²) in [5, 5.41) is 0. The molecule has 0 aromatic carbocycles. The third-order valence-electron chi connectivity index (χ3n) is 2.08. The molecule has 1 aromatic heterocycles. The van der Waals surface area contributed by atoms with Crippen molar-refractivity contribution in [3.8, 4) is 0 Å². The van der Waals surface area contributed by atoms with E-state index in [4.69, 9.17) is 11.5 Å². The minimum atomic E-state index is -2.87. The number of anilines is 1. The van der Waals surface area contributed by atoms with Crippen LogP contribution in [0.15, 0.2) is 6.07 Å². The highest BCUT2D eigenvalue weighted by molar-refractivity contribution is 5.88. The van der Waals surface area contributed by atoms with E-state index < -0.39 is 18.1 Å². The number of carbonyl (C=O) groups is 1. The number of hydrogen-bond donors (Lipinski definition) is 2. The first-order valence-corrected chi connectivity index (χ1v) is 4.95. The van der Waals surface area contributed by atoms with Gasteiger partial charge >= 0.3 is 5.97 Å². The minimum Gasteiger partial charge on any atom is -0.461 e. The van der Waals surface area contributed by atoms with Crippen molar-refractivity contribution in [1.82, 2.24) is 4.98 Å². The molecule has 17 heavy (non-hydrogen) atoms. The Bertz CT molecular complexity index is 424. The van der Waals surface area contributed by atoms with Crippen LogP contribution in [0.5, 0.6) is 0 Å². The number of alkyl halides is 2. The monoisotopic (exact) mass is 245 g/mol. The molecule has 1 aromatic rings. The highest BCUT2D eigenvalue weighted by Crippen LogP contribution is 2.26. The lowest BCUT2D eigenvalue weighted by molar-refractivity contribution is 0.0518. The second-order valence-corrected chi connectivity index (χ2v) is 3.19. The lowest BCUT2D eigenvalue weighted by Crippen LogP contribution is -2.14. The zero-order valence-electron chi connectivity index (χ0n) is 9.24. The van der Waals surface area contributed by atoms with Gasteiger partial charge in [0.15, 0.2) is 0 Å². The molecule has 94 valence electrons. The number of nitrogens with two attached hydrogens (primary N) is 2. The minimum absolute atomic E-state index is 0.0551. The Hall–Kier alpha value is -1.76. The predicted molar refractivity (Wildman–Crippen MR) is 57.5 cm³/mol. The van der Waals surface area contributed by atoms with Crippen molar-refractivity contribution >= 4 is 11.7 Å². The SMILES string of the molecule is CCOC(=O)c1cc(CN)c(N)c(C(F)F)n1. The van der Waals surface area contributed by atoms with E-state index in [-0.39, 0.29) is 30.1 Å². The second kappa shape index (κ2) is 5.53. The maximum absolute atomic E-state index is 12.6. The molecule has 0 atom stereocenters. The Kier molecular flexibility index (Phi) is 4.33. The molecule has 1 heterocycles. The number of halogens is 2. The Labute approximate surface area is 96.8 Å². The first-order chi connectivity index (χ1) is 8.01. The van der Waals surface area contributed by atoms with Gasteiger partial charge in [0.25, 0.3) is 6.43 Å². The van der Waals surface area contributed by atoms with Gasteiger partial charge in [-0.3, -0.25) is 0 Å². The van der Waals surface area contributed by atoms with Gasteiger partial charge in [-0.15, -0.1) is 0 Å². The smallest absolute Gasteiger partial charge is 0.356 e. The van der Waals surface area contributed by atoms with Crippen LogP contribution in [0.2, 0.25) is 0 Å². The topological polar surface area (TPSA) is 91.2 Å². The molecular formula is C10H13F2N3O2. The van der Waals surface area contributed by atoms with Crippen LogP contribution in [0.4, 0.5) is 14.5 Å². The molecule has 0 spiro atoms. The molecule has 0 aliphatic rings. The molecule has 0 saturated heterocycles. The third kappa shape index (κ3) is 2.88. The van der Waals surface area contributed by atoms with Gasteiger partial charge in [0.2, 0.25) is 0 Å². The lowest BCUT2D eigenvalue weighted by Gasteiger charge is -2.10. The van der Waals surface area contributed by atoms with Gasteiger partial charge < -0.3 is 16.2 Å². The van der Waals surface area contributed by atoms with Gasteiger partial charge in [-0.25, -0.2) is 18.6 Å². The summed E-state index contributed by atoms with van der Waals surface area (Å²) >= 11 is 0. The number of aromatic nitrogens is 1. The van der Waals surface area contributed by atoms with Crippen LogP contribution in [0.1, 0.15) is 35.1 Å². The van der Waals surface area contributed by atoms with Crippen molar-refractivity contribution in [2.45, 2.75) is 19.9 Å². The quantitative estimate of drug-likeness (QED) is 0.778. The lowest BCUT2D eigenvalue weighted by atomic mass is 10.1. The molecular weight excluding hydrogens is 232 g/mol. The molecule has 0 unspecified atom stereocenters. The zero-order valence-corrected chi connectivity index (χ0v) is 9.24. The average Bonchev–Trinajstić information content (AvgIpc) is 2.29. The van der Waals surface area contributed by atoms with E-state index in [0.717, 1.165) is 0 Å². The Morgan fingerprint density at radius 1 is 1.59 bits per heavy atom. The molecule has 0 amide bonds. The Morgan fingerprint density at radius 3 is 2.71 bits per heavy atom. The van der Waals surface area contributed by atoms with E-state index in [1.54, 1.807) is 6.92 Å². The van der Waals surface area contributed by atoms with E-state index in [2.05, 4.69) is 9.72 Å². The van der Waals surface area contributed by atoms with Crippen LogP contribution in [0, 0.1) is 0 Å². The summed E-state index contributed by atoms with van der Waals surface area (Å²) in [5.41, 5.74) is 10.0. The molecule has 0 fully saturated rings. The average molecular weight is 245 g/mol. The first-order valence-electron chi connectivity index (χ1n) is 4.95. The summed E-state index contributed by atoms with van der Waals surface area (Å²) in [7, 11) is 0. The molecule has 5 nitrogen and oxygen atoms in total. The summed E-state index contributed by atoms with van der Waals surface area (Å²) in [6.07, 6.45) is -2.87. The van der Waals surface area contributed by atoms with Crippen molar-refractivity contribution in [1.29, 1.82) is 0 Å². The van der Waals surface area contributed by atoms with E-state index in [0.29, 0.717) is 0 Å². The van der Waals surface area contributed by atoms with Gasteiger partial charge in [-0.2, -0.15) is 0 Å². The highest BCUT2D eigenvalue weighted by Gasteiger charge is 2.20. The second-order valence-electron chi connectivity index (χ2n) is 3.19. The number of nitrogen functional groups attached to an aromatic ring is 1. The van der Waals surface area contributed by atoms with Crippen molar-refractivity contribution in [2.24, 2.45) is 5.73 Å². The molecule has 0 radical (unpaired) electrons. The van der Waals surface area contributed by atoms with Crippen LogP contribution < -0.4 is 11.5 Å². The van der Waals surface area contributed by atoms with Crippen LogP contribution in [0.3, 0.4) is 0 Å². The summed E-state index contributed by atoms with van der Waals surface area (Å²) < 4.78 is 30.0. The van der Waals surface area contributed by atoms with Crippen molar-refractivity contribution in [3.63, 3.8) is 0 Å². The number of rotatable bonds is 4. The Balaban J connectivity index is 3.25. The molecule has 7 heteroatoms. The number of nitrogens with zero attached hydrogens (tertiary/aromatic N) is 1. The summed E-state index contributed by atoms with van der Waals surface area (Å²) in [4.78, 5) is 14.9. The highest BCUT2D eigenvalue weighted by atomic mass is 19.3. The fraction of sp³-hybridized carbons (Fsp3) is 0.400. The number of esters is 1. The summed E-state index contributed by atoms with van der Waals surface area (Å²) in [6, 6.07) is 1.26. The number of ether oxygens (including phenoxy) is 1. The largest absolute Gasteiger partial charge is 0.461 e.